The summed E-state index contributed by atoms with van der Waals surface area (Å²) in [5.41, 5.74) is 0.844. The minimum absolute atomic E-state index is 0.0130. The molecule has 3 aromatic carbocycles. The monoisotopic (exact) mass is 715 g/mol. The lowest BCUT2D eigenvalue weighted by atomic mass is 9.95. The number of likely N-dealkylation sites (N-methyl/N-ethyl adjacent to an activating group) is 2. The Hall–Kier alpha value is -4.90. The van der Waals surface area contributed by atoms with Gasteiger partial charge in [0.05, 0.1) is 11.6 Å². The summed E-state index contributed by atoms with van der Waals surface area (Å²) in [6.07, 6.45) is 2.63. The fourth-order valence-electron chi connectivity index (χ4n) is 6.74. The molecule has 0 unspecified atom stereocenters. The van der Waals surface area contributed by atoms with Gasteiger partial charge >= 0.3 is 0 Å². The molecule has 1 aliphatic heterocycles. The lowest BCUT2D eigenvalue weighted by molar-refractivity contribution is -0.139. The summed E-state index contributed by atoms with van der Waals surface area (Å²) < 4.78 is 6.28. The third-order valence-corrected chi connectivity index (χ3v) is 9.99. The lowest BCUT2D eigenvalue weighted by Crippen LogP contribution is -2.61. The number of hydrogen-bond acceptors (Lipinski definition) is 6. The Balaban J connectivity index is 1.47. The Bertz CT molecular complexity index is 1710. The number of para-hydroxylation sites is 1. The highest BCUT2D eigenvalue weighted by Crippen LogP contribution is 2.31. The second kappa shape index (κ2) is 16.9. The van der Waals surface area contributed by atoms with Crippen LogP contribution in [0.25, 0.3) is 0 Å². The molecule has 3 atom stereocenters. The highest BCUT2D eigenvalue weighted by Gasteiger charge is 2.44. The number of benzene rings is 3. The highest BCUT2D eigenvalue weighted by atomic mass is 35.5. The number of hydrogen-bond donors (Lipinski definition) is 3. The van der Waals surface area contributed by atoms with Crippen molar-refractivity contribution in [2.45, 2.75) is 82.1 Å². The van der Waals surface area contributed by atoms with Gasteiger partial charge in [-0.25, -0.2) is 0 Å². The van der Waals surface area contributed by atoms with Crippen molar-refractivity contribution in [3.63, 3.8) is 0 Å². The molecule has 1 aliphatic carbocycles. The quantitative estimate of drug-likeness (QED) is 0.361. The zero-order chi connectivity index (χ0) is 36.5. The average molecular weight is 716 g/mol. The number of amides is 5. The molecule has 0 aromatic heterocycles. The molecule has 1 saturated carbocycles. The van der Waals surface area contributed by atoms with E-state index in [0.717, 1.165) is 24.0 Å². The van der Waals surface area contributed by atoms with Crippen molar-refractivity contribution in [2.24, 2.45) is 0 Å². The number of ether oxygens (including phenoxy) is 1. The van der Waals surface area contributed by atoms with Gasteiger partial charge in [-0.15, -0.1) is 0 Å². The molecule has 5 amide bonds. The van der Waals surface area contributed by atoms with E-state index in [4.69, 9.17) is 16.3 Å². The van der Waals surface area contributed by atoms with Crippen molar-refractivity contribution >= 4 is 41.1 Å². The van der Waals surface area contributed by atoms with Crippen molar-refractivity contribution in [3.05, 3.63) is 101 Å². The number of rotatable bonds is 5. The summed E-state index contributed by atoms with van der Waals surface area (Å²) in [4.78, 5) is 72.0. The third-order valence-electron chi connectivity index (χ3n) is 9.73. The first kappa shape index (κ1) is 37.4. The number of nitrogens with one attached hydrogen (secondary N) is 3. The van der Waals surface area contributed by atoms with Gasteiger partial charge in [-0.1, -0.05) is 79.0 Å². The first-order valence-electron chi connectivity index (χ1n) is 17.4. The highest BCUT2D eigenvalue weighted by molar-refractivity contribution is 6.30. The van der Waals surface area contributed by atoms with Crippen LogP contribution < -0.4 is 20.7 Å². The number of carbonyl (C=O) groups excluding carboxylic acids is 5. The maximum atomic E-state index is 13.9. The van der Waals surface area contributed by atoms with Gasteiger partial charge in [0.2, 0.25) is 23.6 Å². The predicted octanol–water partition coefficient (Wildman–Crippen LogP) is 4.27. The van der Waals surface area contributed by atoms with Crippen LogP contribution >= 0.6 is 11.6 Å². The maximum Gasteiger partial charge on any atom is 0.255 e. The van der Waals surface area contributed by atoms with Crippen molar-refractivity contribution in [3.8, 4) is 5.75 Å². The van der Waals surface area contributed by atoms with E-state index in [1.54, 1.807) is 62.3 Å². The number of halogens is 1. The normalized spacial score (nSPS) is 21.7. The molecule has 3 aromatic rings. The average Bonchev–Trinajstić information content (AvgIpc) is 3.61. The minimum atomic E-state index is -1.19. The Morgan fingerprint density at radius 2 is 1.59 bits per heavy atom. The Kier molecular flexibility index (Phi) is 12.4. The predicted molar refractivity (Wildman–Crippen MR) is 194 cm³/mol. The van der Waals surface area contributed by atoms with Gasteiger partial charge in [-0.3, -0.25) is 24.0 Å². The largest absolute Gasteiger partial charge is 0.491 e. The minimum Gasteiger partial charge on any atom is -0.491 e. The summed E-state index contributed by atoms with van der Waals surface area (Å²) in [6, 6.07) is 21.1. The molecule has 3 N–H and O–H groups in total. The van der Waals surface area contributed by atoms with Gasteiger partial charge in [0, 0.05) is 32.1 Å². The van der Waals surface area contributed by atoms with E-state index in [9.17, 15) is 24.0 Å². The van der Waals surface area contributed by atoms with Crippen molar-refractivity contribution in [1.29, 1.82) is 0 Å². The fraction of sp³-hybridized carbons (Fsp3) is 0.410. The van der Waals surface area contributed by atoms with Gasteiger partial charge in [0.1, 0.15) is 30.0 Å². The van der Waals surface area contributed by atoms with Gasteiger partial charge in [-0.05, 0) is 68.0 Å². The summed E-state index contributed by atoms with van der Waals surface area (Å²) in [7, 11) is 3.30. The molecule has 270 valence electrons. The van der Waals surface area contributed by atoms with E-state index in [-0.39, 0.29) is 49.1 Å². The van der Waals surface area contributed by atoms with E-state index in [0.29, 0.717) is 24.3 Å². The smallest absolute Gasteiger partial charge is 0.255 e. The number of carbonyl (C=O) groups is 5. The molecule has 0 radical (unpaired) electrons. The Labute approximate surface area is 304 Å². The summed E-state index contributed by atoms with van der Waals surface area (Å²) in [5, 5.41) is 9.26. The SMILES string of the molecule is C[C@@H]1NC(=O)C2(CCCC2)NC(=O)CC[C@@H](C(=O)N(C)Cc2ccc(Cl)cc2)NC(=O)c2ccccc2OC[C@H](Cc2ccccc2)N(C)C1=O. The molecular weight excluding hydrogens is 670 g/mol. The number of fused-ring (bicyclic) bond motifs is 1. The molecule has 0 bridgehead atoms. The van der Waals surface area contributed by atoms with E-state index < -0.39 is 41.4 Å². The van der Waals surface area contributed by atoms with Crippen LogP contribution in [0.1, 0.15) is 66.9 Å². The summed E-state index contributed by atoms with van der Waals surface area (Å²) >= 11 is 6.05. The van der Waals surface area contributed by atoms with Crippen LogP contribution in [-0.2, 0) is 32.1 Å². The molecule has 5 rings (SSSR count). The number of nitrogens with zero attached hydrogens (tertiary/aromatic N) is 2. The standard InChI is InChI=1S/C39H46ClN5O6/c1-26-36(48)45(3)30(23-27-11-5-4-6-12-27)25-51-33-14-8-7-13-31(33)35(47)42-32(37(49)44(2)24-28-15-17-29(40)18-16-28)19-20-34(46)43-39(38(50)41-26)21-9-10-22-39/h4-8,11-18,26,30,32H,9-10,19-25H2,1-3H3,(H,41,50)(H,42,47)(H,43,46)/t26-,30-,32-/m0/s1. The second-order valence-electron chi connectivity index (χ2n) is 13.5. The zero-order valence-electron chi connectivity index (χ0n) is 29.3. The molecule has 11 nitrogen and oxygen atoms in total. The molecular formula is C39H46ClN5O6. The molecule has 12 heteroatoms. The van der Waals surface area contributed by atoms with Crippen LogP contribution in [-0.4, -0.2) is 83.7 Å². The molecule has 51 heavy (non-hydrogen) atoms. The molecule has 1 fully saturated rings. The molecule has 1 spiro atoms. The van der Waals surface area contributed by atoms with Gasteiger partial charge in [0.25, 0.3) is 5.91 Å². The molecule has 2 aliphatic rings. The van der Waals surface area contributed by atoms with E-state index in [1.807, 2.05) is 42.5 Å². The Morgan fingerprint density at radius 3 is 2.29 bits per heavy atom. The van der Waals surface area contributed by atoms with Crippen LogP contribution in [0.15, 0.2) is 78.9 Å². The van der Waals surface area contributed by atoms with Crippen molar-refractivity contribution in [2.75, 3.05) is 20.7 Å². The first-order valence-corrected chi connectivity index (χ1v) is 17.8. The van der Waals surface area contributed by atoms with Gasteiger partial charge < -0.3 is 30.5 Å². The zero-order valence-corrected chi connectivity index (χ0v) is 30.1. The molecule has 0 saturated heterocycles. The van der Waals surface area contributed by atoms with E-state index in [2.05, 4.69) is 16.0 Å². The lowest BCUT2D eigenvalue weighted by Gasteiger charge is -2.34. The first-order chi connectivity index (χ1) is 24.5. The molecule has 1 heterocycles. The topological polar surface area (TPSA) is 137 Å². The van der Waals surface area contributed by atoms with Crippen LogP contribution in [0.2, 0.25) is 5.02 Å². The van der Waals surface area contributed by atoms with E-state index in [1.165, 1.54) is 4.90 Å². The Morgan fingerprint density at radius 1 is 0.922 bits per heavy atom. The van der Waals surface area contributed by atoms with Crippen LogP contribution in [0.5, 0.6) is 5.75 Å². The second-order valence-corrected chi connectivity index (χ2v) is 14.0. The van der Waals surface area contributed by atoms with Crippen molar-refractivity contribution < 1.29 is 28.7 Å². The fourth-order valence-corrected chi connectivity index (χ4v) is 6.86. The summed E-state index contributed by atoms with van der Waals surface area (Å²) in [6.45, 7) is 1.94. The van der Waals surface area contributed by atoms with Crippen LogP contribution in [0, 0.1) is 0 Å². The van der Waals surface area contributed by atoms with Gasteiger partial charge in [0.15, 0.2) is 0 Å². The van der Waals surface area contributed by atoms with E-state index >= 15 is 0 Å². The third kappa shape index (κ3) is 9.46. The summed E-state index contributed by atoms with van der Waals surface area (Å²) in [5.74, 6) is -1.82. The van der Waals surface area contributed by atoms with Crippen molar-refractivity contribution in [1.82, 2.24) is 25.8 Å². The van der Waals surface area contributed by atoms with Crippen LogP contribution in [0.4, 0.5) is 0 Å². The maximum absolute atomic E-state index is 13.9. The van der Waals surface area contributed by atoms with Gasteiger partial charge in [-0.2, -0.15) is 0 Å². The van der Waals surface area contributed by atoms with Crippen LogP contribution in [0.3, 0.4) is 0 Å².